The summed E-state index contributed by atoms with van der Waals surface area (Å²) in [5.74, 6) is 0.694. The molecule has 1 aromatic rings. The number of pyridine rings is 1. The number of nitrogens with two attached hydrogens (primary N) is 1. The van der Waals surface area contributed by atoms with Gasteiger partial charge in [0.2, 0.25) is 5.91 Å². The van der Waals surface area contributed by atoms with Gasteiger partial charge in [0, 0.05) is 19.3 Å². The highest BCUT2D eigenvalue weighted by atomic mass is 32.1. The number of hydrogen-bond acceptors (Lipinski definition) is 4. The second-order valence-corrected chi connectivity index (χ2v) is 4.30. The molecule has 1 saturated heterocycles. The van der Waals surface area contributed by atoms with E-state index >= 15 is 0 Å². The molecule has 0 atom stereocenters. The van der Waals surface area contributed by atoms with Crippen LogP contribution in [0.3, 0.4) is 0 Å². The lowest BCUT2D eigenvalue weighted by atomic mass is 10.2. The number of carbonyl (C=O) groups excluding carboxylic acids is 1. The molecule has 0 aliphatic carbocycles. The highest BCUT2D eigenvalue weighted by molar-refractivity contribution is 7.80. The molecule has 0 aromatic carbocycles. The van der Waals surface area contributed by atoms with E-state index in [0.29, 0.717) is 23.9 Å². The average Bonchev–Trinajstić information content (AvgIpc) is 2.54. The number of anilines is 1. The quantitative estimate of drug-likeness (QED) is 0.725. The summed E-state index contributed by atoms with van der Waals surface area (Å²) in [6, 6.07) is 3.61. The van der Waals surface area contributed by atoms with Gasteiger partial charge in [-0.1, -0.05) is 12.2 Å². The van der Waals surface area contributed by atoms with Gasteiger partial charge >= 0.3 is 0 Å². The van der Waals surface area contributed by atoms with Crippen molar-refractivity contribution in [3.8, 4) is 0 Å². The summed E-state index contributed by atoms with van der Waals surface area (Å²) in [7, 11) is 0. The maximum absolute atomic E-state index is 11.5. The van der Waals surface area contributed by atoms with Crippen molar-refractivity contribution in [1.29, 1.82) is 0 Å². The number of hydrogen-bond donors (Lipinski definition) is 2. The van der Waals surface area contributed by atoms with Gasteiger partial charge in [0.15, 0.2) is 0 Å². The maximum Gasteiger partial charge on any atom is 0.239 e. The average molecular weight is 250 g/mol. The Morgan fingerprint density at radius 2 is 2.41 bits per heavy atom. The van der Waals surface area contributed by atoms with Crippen LogP contribution in [-0.2, 0) is 4.79 Å². The fourth-order valence-corrected chi connectivity index (χ4v) is 1.99. The molecule has 2 rings (SSSR count). The Bertz CT molecular complexity index is 449. The summed E-state index contributed by atoms with van der Waals surface area (Å²) in [6.45, 7) is 1.77. The molecule has 0 radical (unpaired) electrons. The highest BCUT2D eigenvalue weighted by Crippen LogP contribution is 2.17. The number of nitrogens with zero attached hydrogens (tertiary/aromatic N) is 2. The van der Waals surface area contributed by atoms with Crippen molar-refractivity contribution in [3.05, 3.63) is 23.9 Å². The fourth-order valence-electron chi connectivity index (χ4n) is 1.83. The summed E-state index contributed by atoms with van der Waals surface area (Å²) in [5.41, 5.74) is 6.38. The van der Waals surface area contributed by atoms with Gasteiger partial charge in [-0.3, -0.25) is 4.79 Å². The maximum atomic E-state index is 11.5. The molecular formula is C11H14N4OS. The highest BCUT2D eigenvalue weighted by Gasteiger charge is 2.19. The van der Waals surface area contributed by atoms with E-state index in [4.69, 9.17) is 18.0 Å². The third-order valence-electron chi connectivity index (χ3n) is 2.61. The van der Waals surface area contributed by atoms with Crippen LogP contribution in [0, 0.1) is 0 Å². The summed E-state index contributed by atoms with van der Waals surface area (Å²) < 4.78 is 0. The molecule has 1 fully saturated rings. The summed E-state index contributed by atoms with van der Waals surface area (Å²) >= 11 is 4.99. The van der Waals surface area contributed by atoms with Gasteiger partial charge in [-0.25, -0.2) is 4.98 Å². The lowest BCUT2D eigenvalue weighted by molar-refractivity contribution is -0.119. The van der Waals surface area contributed by atoms with Gasteiger partial charge in [0.25, 0.3) is 0 Å². The van der Waals surface area contributed by atoms with Crippen LogP contribution >= 0.6 is 12.2 Å². The van der Waals surface area contributed by atoms with Gasteiger partial charge in [-0.15, -0.1) is 0 Å². The molecule has 90 valence electrons. The smallest absolute Gasteiger partial charge is 0.239 e. The molecule has 1 aliphatic heterocycles. The number of aromatic nitrogens is 1. The summed E-state index contributed by atoms with van der Waals surface area (Å²) in [4.78, 5) is 18.0. The van der Waals surface area contributed by atoms with Crippen molar-refractivity contribution in [2.45, 2.75) is 6.42 Å². The van der Waals surface area contributed by atoms with E-state index < -0.39 is 0 Å². The zero-order chi connectivity index (χ0) is 12.3. The Morgan fingerprint density at radius 1 is 1.59 bits per heavy atom. The van der Waals surface area contributed by atoms with E-state index in [1.54, 1.807) is 12.3 Å². The second kappa shape index (κ2) is 5.09. The molecule has 0 saturated carbocycles. The van der Waals surface area contributed by atoms with Crippen molar-refractivity contribution < 1.29 is 4.79 Å². The standard InChI is InChI=1S/C11H14N4OS/c12-10(17)8-3-1-4-14-11(8)15-6-2-5-13-9(16)7-15/h1,3-4H,2,5-7H2,(H2,12,17)(H,13,16). The molecule has 3 N–H and O–H groups in total. The Labute approximate surface area is 105 Å². The minimum Gasteiger partial charge on any atom is -0.389 e. The number of carbonyl (C=O) groups is 1. The van der Waals surface area contributed by atoms with Gasteiger partial charge in [0.1, 0.15) is 10.8 Å². The van der Waals surface area contributed by atoms with E-state index in [2.05, 4.69) is 10.3 Å². The first-order chi connectivity index (χ1) is 8.18. The summed E-state index contributed by atoms with van der Waals surface area (Å²) in [6.07, 6.45) is 2.57. The monoisotopic (exact) mass is 250 g/mol. The third-order valence-corrected chi connectivity index (χ3v) is 2.83. The molecule has 0 spiro atoms. The lowest BCUT2D eigenvalue weighted by Gasteiger charge is -2.22. The van der Waals surface area contributed by atoms with Crippen molar-refractivity contribution in [3.63, 3.8) is 0 Å². The van der Waals surface area contributed by atoms with Gasteiger partial charge in [-0.2, -0.15) is 0 Å². The number of nitrogens with one attached hydrogen (secondary N) is 1. The van der Waals surface area contributed by atoms with Crippen LogP contribution in [0.4, 0.5) is 5.82 Å². The molecule has 17 heavy (non-hydrogen) atoms. The minimum absolute atomic E-state index is 0.00189. The fraction of sp³-hybridized carbons (Fsp3) is 0.364. The third kappa shape index (κ3) is 2.71. The largest absolute Gasteiger partial charge is 0.389 e. The zero-order valence-corrected chi connectivity index (χ0v) is 10.2. The van der Waals surface area contributed by atoms with Crippen LogP contribution in [0.5, 0.6) is 0 Å². The summed E-state index contributed by atoms with van der Waals surface area (Å²) in [5, 5.41) is 2.82. The predicted octanol–water partition coefficient (Wildman–Crippen LogP) is 0.0421. The molecule has 1 aromatic heterocycles. The van der Waals surface area contributed by atoms with Gasteiger partial charge in [0.05, 0.1) is 12.1 Å². The van der Waals surface area contributed by atoms with Crippen LogP contribution in [0.25, 0.3) is 0 Å². The normalized spacial score (nSPS) is 16.2. The van der Waals surface area contributed by atoms with Crippen LogP contribution in [-0.4, -0.2) is 35.5 Å². The molecule has 2 heterocycles. The van der Waals surface area contributed by atoms with Crippen molar-refractivity contribution >= 4 is 28.9 Å². The molecule has 0 unspecified atom stereocenters. The number of thiocarbonyl (C=S) groups is 1. The van der Waals surface area contributed by atoms with Gasteiger partial charge < -0.3 is 16.0 Å². The lowest BCUT2D eigenvalue weighted by Crippen LogP contribution is -2.34. The van der Waals surface area contributed by atoms with Gasteiger partial charge in [-0.05, 0) is 18.6 Å². The Kier molecular flexibility index (Phi) is 3.53. The second-order valence-electron chi connectivity index (χ2n) is 3.86. The molecule has 1 amide bonds. The Morgan fingerprint density at radius 3 is 3.18 bits per heavy atom. The Hall–Kier alpha value is -1.69. The van der Waals surface area contributed by atoms with Crippen molar-refractivity contribution in [2.75, 3.05) is 24.5 Å². The topological polar surface area (TPSA) is 71.2 Å². The van der Waals surface area contributed by atoms with E-state index in [1.165, 1.54) is 0 Å². The Balaban J connectivity index is 2.31. The van der Waals surface area contributed by atoms with Crippen LogP contribution < -0.4 is 16.0 Å². The molecule has 6 heteroatoms. The number of rotatable bonds is 2. The van der Waals surface area contributed by atoms with E-state index in [0.717, 1.165) is 18.5 Å². The molecule has 5 nitrogen and oxygen atoms in total. The van der Waals surface area contributed by atoms with Crippen LogP contribution in [0.15, 0.2) is 18.3 Å². The van der Waals surface area contributed by atoms with E-state index in [9.17, 15) is 4.79 Å². The molecule has 1 aliphatic rings. The first kappa shape index (κ1) is 11.8. The first-order valence-electron chi connectivity index (χ1n) is 5.45. The van der Waals surface area contributed by atoms with Crippen LogP contribution in [0.2, 0.25) is 0 Å². The predicted molar refractivity (Wildman–Crippen MR) is 70.0 cm³/mol. The van der Waals surface area contributed by atoms with E-state index in [1.807, 2.05) is 11.0 Å². The van der Waals surface area contributed by atoms with Crippen molar-refractivity contribution in [2.24, 2.45) is 5.73 Å². The SMILES string of the molecule is NC(=S)c1cccnc1N1CCCNC(=O)C1. The molecular weight excluding hydrogens is 236 g/mol. The zero-order valence-electron chi connectivity index (χ0n) is 9.35. The van der Waals surface area contributed by atoms with Crippen LogP contribution in [0.1, 0.15) is 12.0 Å². The van der Waals surface area contributed by atoms with Crippen molar-refractivity contribution in [1.82, 2.24) is 10.3 Å². The number of amides is 1. The minimum atomic E-state index is 0.00189. The van der Waals surface area contributed by atoms with E-state index in [-0.39, 0.29) is 5.91 Å². The first-order valence-corrected chi connectivity index (χ1v) is 5.86. The molecule has 0 bridgehead atoms.